The fourth-order valence-electron chi connectivity index (χ4n) is 2.58. The Morgan fingerprint density at radius 3 is 2.19 bits per heavy atom. The van der Waals surface area contributed by atoms with Gasteiger partial charge < -0.3 is 10.4 Å². The molecule has 0 bridgehead atoms. The number of hydrogen-bond donors (Lipinski definition) is 2. The van der Waals surface area contributed by atoms with E-state index in [1.807, 2.05) is 38.1 Å². The van der Waals surface area contributed by atoms with Gasteiger partial charge >= 0.3 is 0 Å². The van der Waals surface area contributed by atoms with Gasteiger partial charge in [0.15, 0.2) is 0 Å². The lowest BCUT2D eigenvalue weighted by Gasteiger charge is -2.18. The van der Waals surface area contributed by atoms with Crippen molar-refractivity contribution in [3.63, 3.8) is 0 Å². The first-order valence-corrected chi connectivity index (χ1v) is 7.67. The number of hydrogen-bond acceptors (Lipinski definition) is 2. The van der Waals surface area contributed by atoms with Crippen LogP contribution in [-0.2, 0) is 6.54 Å². The van der Waals surface area contributed by atoms with Crippen LogP contribution >= 0.6 is 11.6 Å². The molecule has 0 aliphatic rings. The van der Waals surface area contributed by atoms with E-state index in [-0.39, 0.29) is 0 Å². The van der Waals surface area contributed by atoms with Gasteiger partial charge in [0, 0.05) is 17.6 Å². The molecule has 0 heterocycles. The third-order valence-electron chi connectivity index (χ3n) is 3.78. The molecular formula is C18H22ClNO. The first kappa shape index (κ1) is 15.9. The second-order valence-electron chi connectivity index (χ2n) is 5.47. The van der Waals surface area contributed by atoms with Gasteiger partial charge in [-0.25, -0.2) is 0 Å². The Bertz CT molecular complexity index is 584. The Kier molecular flexibility index (Phi) is 5.27. The Labute approximate surface area is 131 Å². The average molecular weight is 304 g/mol. The zero-order valence-corrected chi connectivity index (χ0v) is 13.5. The Morgan fingerprint density at radius 2 is 1.67 bits per heavy atom. The van der Waals surface area contributed by atoms with Gasteiger partial charge in [-0.1, -0.05) is 42.8 Å². The second-order valence-corrected chi connectivity index (χ2v) is 5.91. The van der Waals surface area contributed by atoms with E-state index in [2.05, 4.69) is 24.4 Å². The minimum atomic E-state index is 0.302. The Hall–Kier alpha value is -1.51. The molecule has 112 valence electrons. The third kappa shape index (κ3) is 3.99. The number of phenolic OH excluding ortho intramolecular Hbond substituents is 1. The van der Waals surface area contributed by atoms with Gasteiger partial charge in [-0.15, -0.1) is 0 Å². The lowest BCUT2D eigenvalue weighted by atomic mass is 10.0. The smallest absolute Gasteiger partial charge is 0.121 e. The minimum absolute atomic E-state index is 0.302. The summed E-state index contributed by atoms with van der Waals surface area (Å²) >= 11 is 5.94. The standard InChI is InChI=1S/C18H22ClNO/c1-4-17(15-5-7-16(19)8-6-15)20-11-14-9-12(2)18(21)13(3)10-14/h5-10,17,20-21H,4,11H2,1-3H3. The molecule has 0 aliphatic carbocycles. The summed E-state index contributed by atoms with van der Waals surface area (Å²) in [7, 11) is 0. The number of benzene rings is 2. The van der Waals surface area contributed by atoms with E-state index >= 15 is 0 Å². The van der Waals surface area contributed by atoms with Gasteiger partial charge in [-0.2, -0.15) is 0 Å². The van der Waals surface area contributed by atoms with Crippen LogP contribution in [0.1, 0.15) is 41.6 Å². The van der Waals surface area contributed by atoms with Crippen LogP contribution in [0, 0.1) is 13.8 Å². The van der Waals surface area contributed by atoms with Gasteiger partial charge in [0.05, 0.1) is 0 Å². The van der Waals surface area contributed by atoms with Crippen LogP contribution in [0.2, 0.25) is 5.02 Å². The molecule has 0 amide bonds. The molecular weight excluding hydrogens is 282 g/mol. The molecule has 21 heavy (non-hydrogen) atoms. The van der Waals surface area contributed by atoms with Crippen LogP contribution in [0.15, 0.2) is 36.4 Å². The van der Waals surface area contributed by atoms with Gasteiger partial charge in [0.2, 0.25) is 0 Å². The fraction of sp³-hybridized carbons (Fsp3) is 0.333. The summed E-state index contributed by atoms with van der Waals surface area (Å²) in [5, 5.41) is 14.2. The molecule has 1 unspecified atom stereocenters. The summed E-state index contributed by atoms with van der Waals surface area (Å²) in [4.78, 5) is 0. The molecule has 2 aromatic rings. The van der Waals surface area contributed by atoms with Crippen molar-refractivity contribution in [3.05, 3.63) is 63.7 Å². The quantitative estimate of drug-likeness (QED) is 0.823. The number of rotatable bonds is 5. The van der Waals surface area contributed by atoms with Crippen molar-refractivity contribution in [2.45, 2.75) is 39.8 Å². The molecule has 0 saturated heterocycles. The molecule has 2 aromatic carbocycles. The first-order valence-electron chi connectivity index (χ1n) is 7.29. The molecule has 2 nitrogen and oxygen atoms in total. The van der Waals surface area contributed by atoms with Crippen molar-refractivity contribution in [1.29, 1.82) is 0 Å². The maximum atomic E-state index is 9.83. The summed E-state index contributed by atoms with van der Waals surface area (Å²) < 4.78 is 0. The van der Waals surface area contributed by atoms with Gasteiger partial charge in [0.25, 0.3) is 0 Å². The van der Waals surface area contributed by atoms with Crippen LogP contribution in [0.25, 0.3) is 0 Å². The molecule has 3 heteroatoms. The van der Waals surface area contributed by atoms with Crippen LogP contribution < -0.4 is 5.32 Å². The summed E-state index contributed by atoms with van der Waals surface area (Å²) in [5.41, 5.74) is 4.28. The molecule has 0 saturated carbocycles. The van der Waals surface area contributed by atoms with E-state index in [4.69, 9.17) is 11.6 Å². The molecule has 0 fully saturated rings. The highest BCUT2D eigenvalue weighted by Gasteiger charge is 2.10. The molecule has 1 atom stereocenters. The highest BCUT2D eigenvalue weighted by Crippen LogP contribution is 2.24. The predicted octanol–water partition coefficient (Wildman–Crippen LogP) is 4.90. The fourth-order valence-corrected chi connectivity index (χ4v) is 2.71. The lowest BCUT2D eigenvalue weighted by Crippen LogP contribution is -2.20. The zero-order valence-electron chi connectivity index (χ0n) is 12.8. The maximum Gasteiger partial charge on any atom is 0.121 e. The SMILES string of the molecule is CCC(NCc1cc(C)c(O)c(C)c1)c1ccc(Cl)cc1. The first-order chi connectivity index (χ1) is 10.0. The minimum Gasteiger partial charge on any atom is -0.507 e. The zero-order chi connectivity index (χ0) is 15.4. The number of nitrogens with one attached hydrogen (secondary N) is 1. The molecule has 0 aromatic heterocycles. The highest BCUT2D eigenvalue weighted by atomic mass is 35.5. The van der Waals surface area contributed by atoms with Crippen LogP contribution in [0.3, 0.4) is 0 Å². The maximum absolute atomic E-state index is 9.83. The van der Waals surface area contributed by atoms with Crippen LogP contribution in [0.4, 0.5) is 0 Å². The predicted molar refractivity (Wildman–Crippen MR) is 88.9 cm³/mol. The van der Waals surface area contributed by atoms with Crippen molar-refractivity contribution >= 4 is 11.6 Å². The summed E-state index contributed by atoms with van der Waals surface area (Å²) in [6.45, 7) is 6.81. The normalized spacial score (nSPS) is 12.4. The van der Waals surface area contributed by atoms with Crippen molar-refractivity contribution in [3.8, 4) is 5.75 Å². The van der Waals surface area contributed by atoms with E-state index in [1.165, 1.54) is 11.1 Å². The van der Waals surface area contributed by atoms with Gasteiger partial charge in [-0.05, 0) is 54.7 Å². The van der Waals surface area contributed by atoms with E-state index in [1.54, 1.807) is 0 Å². The van der Waals surface area contributed by atoms with E-state index in [0.29, 0.717) is 11.8 Å². The monoisotopic (exact) mass is 303 g/mol. The van der Waals surface area contributed by atoms with Crippen LogP contribution in [-0.4, -0.2) is 5.11 Å². The molecule has 2 rings (SSSR count). The summed E-state index contributed by atoms with van der Waals surface area (Å²) in [5.74, 6) is 0.392. The Morgan fingerprint density at radius 1 is 1.10 bits per heavy atom. The Balaban J connectivity index is 2.08. The molecule has 0 aliphatic heterocycles. The van der Waals surface area contributed by atoms with Gasteiger partial charge in [0.1, 0.15) is 5.75 Å². The topological polar surface area (TPSA) is 32.3 Å². The van der Waals surface area contributed by atoms with Crippen molar-refractivity contribution in [2.75, 3.05) is 0 Å². The summed E-state index contributed by atoms with van der Waals surface area (Å²) in [6.07, 6.45) is 1.01. The summed E-state index contributed by atoms with van der Waals surface area (Å²) in [6, 6.07) is 12.4. The number of phenols is 1. The largest absolute Gasteiger partial charge is 0.507 e. The van der Waals surface area contributed by atoms with E-state index in [0.717, 1.165) is 29.1 Å². The number of aromatic hydroxyl groups is 1. The second kappa shape index (κ2) is 6.97. The molecule has 0 radical (unpaired) electrons. The number of halogens is 1. The van der Waals surface area contributed by atoms with Crippen molar-refractivity contribution in [2.24, 2.45) is 0 Å². The average Bonchev–Trinajstić information content (AvgIpc) is 2.47. The van der Waals surface area contributed by atoms with Crippen molar-refractivity contribution < 1.29 is 5.11 Å². The molecule has 2 N–H and O–H groups in total. The highest BCUT2D eigenvalue weighted by molar-refractivity contribution is 6.30. The lowest BCUT2D eigenvalue weighted by molar-refractivity contribution is 0.465. The van der Waals surface area contributed by atoms with Crippen molar-refractivity contribution in [1.82, 2.24) is 5.32 Å². The van der Waals surface area contributed by atoms with E-state index in [9.17, 15) is 5.11 Å². The van der Waals surface area contributed by atoms with Crippen LogP contribution in [0.5, 0.6) is 5.75 Å². The van der Waals surface area contributed by atoms with Gasteiger partial charge in [-0.3, -0.25) is 0 Å². The molecule has 0 spiro atoms. The number of aryl methyl sites for hydroxylation is 2. The van der Waals surface area contributed by atoms with E-state index < -0.39 is 0 Å². The third-order valence-corrected chi connectivity index (χ3v) is 4.04.